The smallest absolute Gasteiger partial charge is 0.123 e. The molecule has 2 aromatic carbocycles. The lowest BCUT2D eigenvalue weighted by Crippen LogP contribution is -2.14. The van der Waals surface area contributed by atoms with E-state index in [-0.39, 0.29) is 6.04 Å². The Labute approximate surface area is 116 Å². The molecule has 0 fully saturated rings. The summed E-state index contributed by atoms with van der Waals surface area (Å²) < 4.78 is 6.40. The molecule has 0 aliphatic carbocycles. The third-order valence-electron chi connectivity index (χ3n) is 3.05. The Kier molecular flexibility index (Phi) is 4.04. The molecular formula is C15H16BrNO. The summed E-state index contributed by atoms with van der Waals surface area (Å²) in [4.78, 5) is 0. The van der Waals surface area contributed by atoms with Crippen molar-refractivity contribution in [2.45, 2.75) is 13.0 Å². The van der Waals surface area contributed by atoms with Crippen LogP contribution in [0.1, 0.15) is 22.7 Å². The van der Waals surface area contributed by atoms with E-state index < -0.39 is 0 Å². The van der Waals surface area contributed by atoms with E-state index in [9.17, 15) is 0 Å². The number of benzene rings is 2. The first kappa shape index (κ1) is 13.1. The third-order valence-corrected chi connectivity index (χ3v) is 3.54. The fourth-order valence-electron chi connectivity index (χ4n) is 2.04. The number of rotatable bonds is 3. The maximum Gasteiger partial charge on any atom is 0.123 e. The monoisotopic (exact) mass is 305 g/mol. The highest BCUT2D eigenvalue weighted by atomic mass is 79.9. The molecule has 1 atom stereocenters. The maximum atomic E-state index is 6.36. The molecule has 2 rings (SSSR count). The van der Waals surface area contributed by atoms with Gasteiger partial charge in [0.25, 0.3) is 0 Å². The molecule has 0 aliphatic rings. The van der Waals surface area contributed by atoms with Crippen LogP contribution in [0.25, 0.3) is 0 Å². The van der Waals surface area contributed by atoms with Crippen LogP contribution in [0, 0.1) is 6.92 Å². The van der Waals surface area contributed by atoms with Gasteiger partial charge in [0.2, 0.25) is 0 Å². The zero-order valence-corrected chi connectivity index (χ0v) is 12.1. The Bertz CT molecular complexity index is 554. The SMILES string of the molecule is COc1ccccc1C(N)c1cc(Br)ccc1C. The summed E-state index contributed by atoms with van der Waals surface area (Å²) in [6, 6.07) is 13.8. The number of halogens is 1. The summed E-state index contributed by atoms with van der Waals surface area (Å²) in [5.74, 6) is 0.823. The van der Waals surface area contributed by atoms with Crippen molar-refractivity contribution in [3.05, 3.63) is 63.6 Å². The van der Waals surface area contributed by atoms with Crippen LogP contribution in [-0.2, 0) is 0 Å². The van der Waals surface area contributed by atoms with E-state index in [1.807, 2.05) is 30.3 Å². The van der Waals surface area contributed by atoms with Gasteiger partial charge in [0.15, 0.2) is 0 Å². The van der Waals surface area contributed by atoms with Gasteiger partial charge in [-0.3, -0.25) is 0 Å². The van der Waals surface area contributed by atoms with Gasteiger partial charge in [0.1, 0.15) is 5.75 Å². The largest absolute Gasteiger partial charge is 0.496 e. The first-order chi connectivity index (χ1) is 8.63. The second-order valence-corrected chi connectivity index (χ2v) is 5.14. The second-order valence-electron chi connectivity index (χ2n) is 4.22. The van der Waals surface area contributed by atoms with E-state index >= 15 is 0 Å². The molecule has 0 saturated heterocycles. The number of hydrogen-bond acceptors (Lipinski definition) is 2. The first-order valence-corrected chi connectivity index (χ1v) is 6.57. The van der Waals surface area contributed by atoms with Crippen LogP contribution in [0.3, 0.4) is 0 Å². The van der Waals surface area contributed by atoms with Gasteiger partial charge in [0.05, 0.1) is 13.2 Å². The number of aryl methyl sites for hydroxylation is 1. The Balaban J connectivity index is 2.47. The van der Waals surface area contributed by atoms with E-state index in [1.165, 1.54) is 5.56 Å². The van der Waals surface area contributed by atoms with Crippen LogP contribution in [0.4, 0.5) is 0 Å². The van der Waals surface area contributed by atoms with E-state index in [4.69, 9.17) is 10.5 Å². The number of ether oxygens (including phenoxy) is 1. The van der Waals surface area contributed by atoms with Crippen LogP contribution >= 0.6 is 15.9 Å². The van der Waals surface area contributed by atoms with E-state index in [2.05, 4.69) is 35.0 Å². The van der Waals surface area contributed by atoms with Crippen molar-refractivity contribution >= 4 is 15.9 Å². The van der Waals surface area contributed by atoms with E-state index in [0.29, 0.717) is 0 Å². The Hall–Kier alpha value is -1.32. The fourth-order valence-corrected chi connectivity index (χ4v) is 2.42. The van der Waals surface area contributed by atoms with Crippen LogP contribution in [0.5, 0.6) is 5.75 Å². The van der Waals surface area contributed by atoms with Crippen molar-refractivity contribution in [2.24, 2.45) is 5.73 Å². The van der Waals surface area contributed by atoms with Gasteiger partial charge in [-0.05, 0) is 36.2 Å². The zero-order chi connectivity index (χ0) is 13.1. The highest BCUT2D eigenvalue weighted by molar-refractivity contribution is 9.10. The molecule has 0 aromatic heterocycles. The van der Waals surface area contributed by atoms with Crippen LogP contribution in [-0.4, -0.2) is 7.11 Å². The number of nitrogens with two attached hydrogens (primary N) is 1. The fraction of sp³-hybridized carbons (Fsp3) is 0.200. The first-order valence-electron chi connectivity index (χ1n) is 5.78. The summed E-state index contributed by atoms with van der Waals surface area (Å²) in [6.07, 6.45) is 0. The minimum atomic E-state index is -0.182. The molecule has 0 amide bonds. The highest BCUT2D eigenvalue weighted by Crippen LogP contribution is 2.30. The van der Waals surface area contributed by atoms with Gasteiger partial charge in [0, 0.05) is 10.0 Å². The number of hydrogen-bond donors (Lipinski definition) is 1. The standard InChI is InChI=1S/C15H16BrNO/c1-10-7-8-11(16)9-13(10)15(17)12-5-3-4-6-14(12)18-2/h3-9,15H,17H2,1-2H3. The molecule has 2 N–H and O–H groups in total. The van der Waals surface area contributed by atoms with Crippen molar-refractivity contribution < 1.29 is 4.74 Å². The molecule has 0 saturated carbocycles. The average molecular weight is 306 g/mol. The molecule has 18 heavy (non-hydrogen) atoms. The summed E-state index contributed by atoms with van der Waals surface area (Å²) >= 11 is 3.49. The molecular weight excluding hydrogens is 290 g/mol. The molecule has 2 aromatic rings. The molecule has 0 aliphatic heterocycles. The van der Waals surface area contributed by atoms with Gasteiger partial charge < -0.3 is 10.5 Å². The molecule has 94 valence electrons. The summed E-state index contributed by atoms with van der Waals surface area (Å²) in [6.45, 7) is 2.07. The van der Waals surface area contributed by atoms with Gasteiger partial charge in [-0.15, -0.1) is 0 Å². The molecule has 0 spiro atoms. The average Bonchev–Trinajstić information content (AvgIpc) is 2.40. The van der Waals surface area contributed by atoms with Crippen molar-refractivity contribution in [2.75, 3.05) is 7.11 Å². The minimum absolute atomic E-state index is 0.182. The molecule has 3 heteroatoms. The highest BCUT2D eigenvalue weighted by Gasteiger charge is 2.15. The molecule has 0 radical (unpaired) electrons. The summed E-state index contributed by atoms with van der Waals surface area (Å²) in [7, 11) is 1.67. The summed E-state index contributed by atoms with van der Waals surface area (Å²) in [5, 5.41) is 0. The lowest BCUT2D eigenvalue weighted by atomic mass is 9.95. The minimum Gasteiger partial charge on any atom is -0.496 e. The Morgan fingerprint density at radius 1 is 1.11 bits per heavy atom. The molecule has 2 nitrogen and oxygen atoms in total. The second kappa shape index (κ2) is 5.55. The van der Waals surface area contributed by atoms with E-state index in [1.54, 1.807) is 7.11 Å². The zero-order valence-electron chi connectivity index (χ0n) is 10.5. The maximum absolute atomic E-state index is 6.36. The van der Waals surface area contributed by atoms with Crippen LogP contribution in [0.15, 0.2) is 46.9 Å². The molecule has 0 bridgehead atoms. The predicted octanol–water partition coefficient (Wildman–Crippen LogP) is 3.81. The molecule has 0 heterocycles. The third kappa shape index (κ3) is 2.57. The Morgan fingerprint density at radius 3 is 2.56 bits per heavy atom. The summed E-state index contributed by atoms with van der Waals surface area (Å²) in [5.41, 5.74) is 9.65. The van der Waals surface area contributed by atoms with Gasteiger partial charge >= 0.3 is 0 Å². The van der Waals surface area contributed by atoms with E-state index in [0.717, 1.165) is 21.3 Å². The number of methoxy groups -OCH3 is 1. The van der Waals surface area contributed by atoms with Crippen LogP contribution < -0.4 is 10.5 Å². The quantitative estimate of drug-likeness (QED) is 0.936. The van der Waals surface area contributed by atoms with Crippen LogP contribution in [0.2, 0.25) is 0 Å². The lowest BCUT2D eigenvalue weighted by molar-refractivity contribution is 0.408. The van der Waals surface area contributed by atoms with Crippen molar-refractivity contribution in [3.8, 4) is 5.75 Å². The Morgan fingerprint density at radius 2 is 1.83 bits per heavy atom. The topological polar surface area (TPSA) is 35.2 Å². The normalized spacial score (nSPS) is 12.2. The predicted molar refractivity (Wildman–Crippen MR) is 77.9 cm³/mol. The van der Waals surface area contributed by atoms with Crippen molar-refractivity contribution in [1.29, 1.82) is 0 Å². The van der Waals surface area contributed by atoms with Crippen molar-refractivity contribution in [1.82, 2.24) is 0 Å². The van der Waals surface area contributed by atoms with Gasteiger partial charge in [-0.25, -0.2) is 0 Å². The lowest BCUT2D eigenvalue weighted by Gasteiger charge is -2.18. The molecule has 1 unspecified atom stereocenters. The van der Waals surface area contributed by atoms with Gasteiger partial charge in [-0.2, -0.15) is 0 Å². The number of para-hydroxylation sites is 1. The van der Waals surface area contributed by atoms with Crippen molar-refractivity contribution in [3.63, 3.8) is 0 Å². The van der Waals surface area contributed by atoms with Gasteiger partial charge in [-0.1, -0.05) is 40.2 Å².